The third-order valence-electron chi connectivity index (χ3n) is 1.97. The smallest absolute Gasteiger partial charge is 0.252 e. The molecule has 4 nitrogen and oxygen atoms in total. The van der Waals surface area contributed by atoms with Gasteiger partial charge in [0.2, 0.25) is 0 Å². The second-order valence-electron chi connectivity index (χ2n) is 3.28. The van der Waals surface area contributed by atoms with E-state index in [2.05, 4.69) is 5.32 Å². The first-order chi connectivity index (χ1) is 7.67. The van der Waals surface area contributed by atoms with E-state index in [-0.39, 0.29) is 5.91 Å². The first kappa shape index (κ1) is 12.1. The highest BCUT2D eigenvalue weighted by Crippen LogP contribution is 2.11. The van der Waals surface area contributed by atoms with Crippen LogP contribution in [0.4, 0.5) is 0 Å². The van der Waals surface area contributed by atoms with E-state index in [1.165, 1.54) is 0 Å². The fourth-order valence-corrected chi connectivity index (χ4v) is 1.18. The van der Waals surface area contributed by atoms with E-state index >= 15 is 0 Å². The molecule has 0 aliphatic rings. The zero-order valence-electron chi connectivity index (χ0n) is 9.36. The molecule has 1 rings (SSSR count). The zero-order chi connectivity index (χ0) is 12.0. The maximum absolute atomic E-state index is 11.6. The molecule has 1 amide bonds. The van der Waals surface area contributed by atoms with Crippen LogP contribution in [0.5, 0.6) is 5.75 Å². The van der Waals surface area contributed by atoms with Crippen molar-refractivity contribution in [2.45, 2.75) is 19.9 Å². The maximum atomic E-state index is 11.6. The largest absolute Gasteiger partial charge is 0.494 e. The zero-order valence-corrected chi connectivity index (χ0v) is 9.36. The lowest BCUT2D eigenvalue weighted by molar-refractivity contribution is 0.0948. The number of amides is 1. The second-order valence-corrected chi connectivity index (χ2v) is 3.28. The molecule has 0 saturated heterocycles. The molecule has 0 radical (unpaired) electrons. The van der Waals surface area contributed by atoms with Gasteiger partial charge in [0, 0.05) is 5.56 Å². The number of benzene rings is 1. The van der Waals surface area contributed by atoms with Gasteiger partial charge >= 0.3 is 0 Å². The fourth-order valence-electron chi connectivity index (χ4n) is 1.18. The molecule has 0 heterocycles. The predicted molar refractivity (Wildman–Crippen MR) is 60.2 cm³/mol. The second kappa shape index (κ2) is 5.76. The molecule has 0 aliphatic carbocycles. The predicted octanol–water partition coefficient (Wildman–Crippen LogP) is 1.73. The number of hydrogen-bond donors (Lipinski definition) is 1. The Labute approximate surface area is 94.8 Å². The quantitative estimate of drug-likeness (QED) is 0.837. The van der Waals surface area contributed by atoms with Crippen molar-refractivity contribution in [2.75, 3.05) is 6.61 Å². The minimum absolute atomic E-state index is 0.253. The van der Waals surface area contributed by atoms with E-state index in [1.807, 2.05) is 13.0 Å². The van der Waals surface area contributed by atoms with Gasteiger partial charge in [-0.05, 0) is 38.1 Å². The van der Waals surface area contributed by atoms with Gasteiger partial charge in [0.1, 0.15) is 11.8 Å². The minimum Gasteiger partial charge on any atom is -0.494 e. The highest BCUT2D eigenvalue weighted by atomic mass is 16.5. The van der Waals surface area contributed by atoms with Crippen LogP contribution in [0.2, 0.25) is 0 Å². The van der Waals surface area contributed by atoms with Gasteiger partial charge in [-0.25, -0.2) is 0 Å². The number of ether oxygens (including phenoxy) is 1. The van der Waals surface area contributed by atoms with E-state index in [9.17, 15) is 4.79 Å². The van der Waals surface area contributed by atoms with Gasteiger partial charge in [0.05, 0.1) is 12.7 Å². The molecule has 0 spiro atoms. The molecule has 0 fully saturated rings. The Kier molecular flexibility index (Phi) is 4.34. The fraction of sp³-hybridized carbons (Fsp3) is 0.333. The Morgan fingerprint density at radius 1 is 1.50 bits per heavy atom. The topological polar surface area (TPSA) is 62.1 Å². The molecule has 1 unspecified atom stereocenters. The van der Waals surface area contributed by atoms with Gasteiger partial charge in [-0.3, -0.25) is 4.79 Å². The van der Waals surface area contributed by atoms with Crippen LogP contribution in [0.15, 0.2) is 24.3 Å². The lowest BCUT2D eigenvalue weighted by atomic mass is 10.2. The van der Waals surface area contributed by atoms with Crippen LogP contribution in [0.1, 0.15) is 24.2 Å². The van der Waals surface area contributed by atoms with Gasteiger partial charge < -0.3 is 10.1 Å². The molecule has 4 heteroatoms. The number of carbonyl (C=O) groups is 1. The van der Waals surface area contributed by atoms with E-state index < -0.39 is 6.04 Å². The van der Waals surface area contributed by atoms with Crippen molar-refractivity contribution in [3.8, 4) is 11.8 Å². The van der Waals surface area contributed by atoms with Crippen LogP contribution in [0, 0.1) is 11.3 Å². The minimum atomic E-state index is -0.487. The summed E-state index contributed by atoms with van der Waals surface area (Å²) in [4.78, 5) is 11.6. The van der Waals surface area contributed by atoms with Crippen LogP contribution in [-0.2, 0) is 0 Å². The summed E-state index contributed by atoms with van der Waals surface area (Å²) < 4.78 is 5.26. The summed E-state index contributed by atoms with van der Waals surface area (Å²) in [6, 6.07) is 8.26. The van der Waals surface area contributed by atoms with Gasteiger partial charge in [-0.1, -0.05) is 0 Å². The standard InChI is InChI=1S/C12H14N2O2/c1-3-16-11-6-4-10(5-7-11)12(15)14-9(2)8-13/h4-7,9H,3H2,1-2H3,(H,14,15). The third-order valence-corrected chi connectivity index (χ3v) is 1.97. The monoisotopic (exact) mass is 218 g/mol. The molecular formula is C12H14N2O2. The number of nitrogens with zero attached hydrogens (tertiary/aromatic N) is 1. The summed E-state index contributed by atoms with van der Waals surface area (Å²) in [5.41, 5.74) is 0.519. The lowest BCUT2D eigenvalue weighted by Gasteiger charge is -2.07. The van der Waals surface area contributed by atoms with E-state index in [4.69, 9.17) is 10.00 Å². The van der Waals surface area contributed by atoms with E-state index in [1.54, 1.807) is 31.2 Å². The van der Waals surface area contributed by atoms with Crippen LogP contribution < -0.4 is 10.1 Å². The molecule has 0 aromatic heterocycles. The maximum Gasteiger partial charge on any atom is 0.252 e. The normalized spacial score (nSPS) is 11.3. The summed E-state index contributed by atoms with van der Waals surface area (Å²) in [6.07, 6.45) is 0. The van der Waals surface area contributed by atoms with E-state index in [0.29, 0.717) is 12.2 Å². The van der Waals surface area contributed by atoms with Gasteiger partial charge in [-0.2, -0.15) is 5.26 Å². The van der Waals surface area contributed by atoms with Crippen LogP contribution in [0.3, 0.4) is 0 Å². The Morgan fingerprint density at radius 2 is 2.12 bits per heavy atom. The number of nitriles is 1. The molecule has 16 heavy (non-hydrogen) atoms. The SMILES string of the molecule is CCOc1ccc(C(=O)NC(C)C#N)cc1. The Morgan fingerprint density at radius 3 is 2.62 bits per heavy atom. The lowest BCUT2D eigenvalue weighted by Crippen LogP contribution is -2.31. The Balaban J connectivity index is 2.67. The molecular weight excluding hydrogens is 204 g/mol. The summed E-state index contributed by atoms with van der Waals surface area (Å²) in [6.45, 7) is 4.12. The van der Waals surface area contributed by atoms with Crippen LogP contribution in [0.25, 0.3) is 0 Å². The van der Waals surface area contributed by atoms with Crippen molar-refractivity contribution >= 4 is 5.91 Å². The highest BCUT2D eigenvalue weighted by Gasteiger charge is 2.08. The molecule has 0 bridgehead atoms. The average molecular weight is 218 g/mol. The van der Waals surface area contributed by atoms with Crippen molar-refractivity contribution in [2.24, 2.45) is 0 Å². The summed E-state index contributed by atoms with van der Waals surface area (Å²) in [7, 11) is 0. The first-order valence-corrected chi connectivity index (χ1v) is 5.10. The third kappa shape index (κ3) is 3.28. The first-order valence-electron chi connectivity index (χ1n) is 5.10. The number of hydrogen-bond acceptors (Lipinski definition) is 3. The highest BCUT2D eigenvalue weighted by molar-refractivity contribution is 5.94. The van der Waals surface area contributed by atoms with Gasteiger partial charge in [-0.15, -0.1) is 0 Å². The van der Waals surface area contributed by atoms with Crippen molar-refractivity contribution in [3.63, 3.8) is 0 Å². The number of nitrogens with one attached hydrogen (secondary N) is 1. The van der Waals surface area contributed by atoms with Crippen LogP contribution in [-0.4, -0.2) is 18.6 Å². The molecule has 1 N–H and O–H groups in total. The Hall–Kier alpha value is -2.02. The Bertz CT molecular complexity index is 392. The van der Waals surface area contributed by atoms with Crippen LogP contribution >= 0.6 is 0 Å². The van der Waals surface area contributed by atoms with E-state index in [0.717, 1.165) is 5.75 Å². The summed E-state index contributed by atoms with van der Waals surface area (Å²) in [5.74, 6) is 0.476. The van der Waals surface area contributed by atoms with Gasteiger partial charge in [0.25, 0.3) is 5.91 Å². The van der Waals surface area contributed by atoms with Crippen molar-refractivity contribution in [3.05, 3.63) is 29.8 Å². The molecule has 0 saturated carbocycles. The number of carbonyl (C=O) groups excluding carboxylic acids is 1. The average Bonchev–Trinajstić information content (AvgIpc) is 2.30. The van der Waals surface area contributed by atoms with Crippen molar-refractivity contribution in [1.82, 2.24) is 5.32 Å². The molecule has 1 aromatic carbocycles. The number of rotatable bonds is 4. The van der Waals surface area contributed by atoms with Gasteiger partial charge in [0.15, 0.2) is 0 Å². The summed E-state index contributed by atoms with van der Waals surface area (Å²) >= 11 is 0. The van der Waals surface area contributed by atoms with Crippen molar-refractivity contribution < 1.29 is 9.53 Å². The summed E-state index contributed by atoms with van der Waals surface area (Å²) in [5, 5.41) is 11.1. The molecule has 1 atom stereocenters. The molecule has 84 valence electrons. The van der Waals surface area contributed by atoms with Crippen molar-refractivity contribution in [1.29, 1.82) is 5.26 Å². The molecule has 1 aromatic rings. The molecule has 0 aliphatic heterocycles.